The molecule has 11 nitrogen and oxygen atoms in total. The molecular weight excluding hydrogens is 462 g/mol. The maximum atomic E-state index is 13.1. The van der Waals surface area contributed by atoms with Gasteiger partial charge in [-0.15, -0.1) is 0 Å². The van der Waals surface area contributed by atoms with E-state index in [1.165, 1.54) is 6.20 Å². The van der Waals surface area contributed by atoms with Gasteiger partial charge >= 0.3 is 0 Å². The number of amides is 2. The first-order valence-corrected chi connectivity index (χ1v) is 11.7. The summed E-state index contributed by atoms with van der Waals surface area (Å²) in [6.07, 6.45) is 3.10. The SMILES string of the molecule is Cc1c(Nc2cc[nH]c(=O)c2C(=O)Nc2ccc(N3CCN(C)C(=O)C3)cc2)cnc2c1NCCO2. The van der Waals surface area contributed by atoms with Crippen molar-refractivity contribution >= 4 is 40.3 Å². The standard InChI is InChI=1S/C25H27N7O4/c1-15-19(13-28-25-22(15)26-9-12-36-25)30-18-7-8-27-23(34)21(18)24(35)29-16-3-5-17(6-4-16)32-11-10-31(2)20(33)14-32/h3-8,13,26H,9-12,14H2,1-2H3,(H,29,35)(H2,27,30,34). The summed E-state index contributed by atoms with van der Waals surface area (Å²) >= 11 is 0. The third kappa shape index (κ3) is 4.54. The number of hydrogen-bond donors (Lipinski definition) is 4. The van der Waals surface area contributed by atoms with Crippen LogP contribution in [0.25, 0.3) is 0 Å². The van der Waals surface area contributed by atoms with Gasteiger partial charge in [0.05, 0.1) is 24.1 Å². The molecule has 0 radical (unpaired) electrons. The van der Waals surface area contributed by atoms with Crippen molar-refractivity contribution in [2.24, 2.45) is 0 Å². The molecule has 4 N–H and O–H groups in total. The second-order valence-electron chi connectivity index (χ2n) is 8.71. The number of fused-ring (bicyclic) bond motifs is 1. The highest BCUT2D eigenvalue weighted by Crippen LogP contribution is 2.34. The van der Waals surface area contributed by atoms with Crippen LogP contribution in [0.15, 0.2) is 47.5 Å². The molecule has 0 aliphatic carbocycles. The van der Waals surface area contributed by atoms with E-state index in [2.05, 4.69) is 25.9 Å². The number of benzene rings is 1. The quantitative estimate of drug-likeness (QED) is 0.429. The predicted octanol–water partition coefficient (Wildman–Crippen LogP) is 2.16. The summed E-state index contributed by atoms with van der Waals surface area (Å²) in [4.78, 5) is 48.4. The molecule has 0 saturated carbocycles. The smallest absolute Gasteiger partial charge is 0.263 e. The Morgan fingerprint density at radius 2 is 1.92 bits per heavy atom. The first-order chi connectivity index (χ1) is 17.4. The number of hydrogen-bond acceptors (Lipinski definition) is 8. The minimum Gasteiger partial charge on any atom is -0.474 e. The Labute approximate surface area is 207 Å². The monoisotopic (exact) mass is 489 g/mol. The van der Waals surface area contributed by atoms with E-state index in [0.29, 0.717) is 49.2 Å². The first kappa shape index (κ1) is 23.2. The fourth-order valence-electron chi connectivity index (χ4n) is 4.23. The summed E-state index contributed by atoms with van der Waals surface area (Å²) in [6, 6.07) is 8.83. The molecule has 1 fully saturated rings. The summed E-state index contributed by atoms with van der Waals surface area (Å²) in [7, 11) is 1.79. The molecule has 0 atom stereocenters. The number of aromatic amines is 1. The number of carbonyl (C=O) groups excluding carboxylic acids is 2. The van der Waals surface area contributed by atoms with Gasteiger partial charge in [0.2, 0.25) is 11.8 Å². The zero-order valence-corrected chi connectivity index (χ0v) is 20.1. The Morgan fingerprint density at radius 3 is 2.69 bits per heavy atom. The Hall–Kier alpha value is -4.54. The van der Waals surface area contributed by atoms with E-state index in [1.54, 1.807) is 36.3 Å². The number of pyridine rings is 2. The average Bonchev–Trinajstić information content (AvgIpc) is 2.88. The Kier molecular flexibility index (Phi) is 6.19. The number of nitrogens with zero attached hydrogens (tertiary/aromatic N) is 3. The van der Waals surface area contributed by atoms with Gasteiger partial charge in [-0.2, -0.15) is 0 Å². The lowest BCUT2D eigenvalue weighted by molar-refractivity contribution is -0.129. The highest BCUT2D eigenvalue weighted by molar-refractivity contribution is 6.08. The van der Waals surface area contributed by atoms with Crippen LogP contribution >= 0.6 is 0 Å². The average molecular weight is 490 g/mol. The van der Waals surface area contributed by atoms with Gasteiger partial charge < -0.3 is 35.5 Å². The van der Waals surface area contributed by atoms with Crippen LogP contribution in [0.1, 0.15) is 15.9 Å². The number of carbonyl (C=O) groups is 2. The van der Waals surface area contributed by atoms with Crippen molar-refractivity contribution in [1.29, 1.82) is 0 Å². The van der Waals surface area contributed by atoms with Gasteiger partial charge in [0, 0.05) is 49.8 Å². The van der Waals surface area contributed by atoms with Crippen LogP contribution in [0.2, 0.25) is 0 Å². The highest BCUT2D eigenvalue weighted by atomic mass is 16.5. The lowest BCUT2D eigenvalue weighted by Crippen LogP contribution is -2.48. The van der Waals surface area contributed by atoms with Gasteiger partial charge in [-0.3, -0.25) is 14.4 Å². The molecule has 0 spiro atoms. The number of ether oxygens (including phenoxy) is 1. The Bertz CT molecular complexity index is 1370. The third-order valence-corrected chi connectivity index (χ3v) is 6.35. The van der Waals surface area contributed by atoms with Crippen molar-refractivity contribution in [3.05, 3.63) is 64.2 Å². The zero-order valence-electron chi connectivity index (χ0n) is 20.1. The van der Waals surface area contributed by atoms with Gasteiger partial charge in [-0.1, -0.05) is 0 Å². The molecule has 0 bridgehead atoms. The Morgan fingerprint density at radius 1 is 1.11 bits per heavy atom. The first-order valence-electron chi connectivity index (χ1n) is 11.7. The van der Waals surface area contributed by atoms with Crippen molar-refractivity contribution in [3.8, 4) is 5.88 Å². The van der Waals surface area contributed by atoms with Gasteiger partial charge in [0.25, 0.3) is 11.5 Å². The second kappa shape index (κ2) is 9.61. The van der Waals surface area contributed by atoms with Crippen LogP contribution < -0.4 is 31.1 Å². The molecule has 186 valence electrons. The summed E-state index contributed by atoms with van der Waals surface area (Å²) in [5.74, 6) is 0.0408. The van der Waals surface area contributed by atoms with Crippen LogP contribution in [-0.4, -0.2) is 66.5 Å². The van der Waals surface area contributed by atoms with Crippen LogP contribution in [0.3, 0.4) is 0 Å². The molecule has 0 unspecified atom stereocenters. The van der Waals surface area contributed by atoms with Crippen LogP contribution in [-0.2, 0) is 4.79 Å². The highest BCUT2D eigenvalue weighted by Gasteiger charge is 2.22. The normalized spacial score (nSPS) is 15.0. The molecule has 4 heterocycles. The fraction of sp³-hybridized carbons (Fsp3) is 0.280. The lowest BCUT2D eigenvalue weighted by atomic mass is 10.1. The molecule has 36 heavy (non-hydrogen) atoms. The van der Waals surface area contributed by atoms with E-state index in [9.17, 15) is 14.4 Å². The van der Waals surface area contributed by atoms with Gasteiger partial charge in [0.1, 0.15) is 17.9 Å². The molecule has 1 aromatic carbocycles. The summed E-state index contributed by atoms with van der Waals surface area (Å²) in [5, 5.41) is 9.24. The molecule has 3 aromatic rings. The third-order valence-electron chi connectivity index (χ3n) is 6.35. The lowest BCUT2D eigenvalue weighted by Gasteiger charge is -2.33. The number of piperazine rings is 1. The van der Waals surface area contributed by atoms with E-state index in [1.807, 2.05) is 24.0 Å². The molecular formula is C25H27N7O4. The van der Waals surface area contributed by atoms with Crippen molar-refractivity contribution < 1.29 is 14.3 Å². The van der Waals surface area contributed by atoms with Crippen molar-refractivity contribution in [1.82, 2.24) is 14.9 Å². The zero-order chi connectivity index (χ0) is 25.2. The largest absolute Gasteiger partial charge is 0.474 e. The Balaban J connectivity index is 1.34. The second-order valence-corrected chi connectivity index (χ2v) is 8.71. The van der Waals surface area contributed by atoms with E-state index in [-0.39, 0.29) is 11.5 Å². The molecule has 2 amide bonds. The summed E-state index contributed by atoms with van der Waals surface area (Å²) < 4.78 is 5.57. The van der Waals surface area contributed by atoms with Crippen LogP contribution in [0.4, 0.5) is 28.4 Å². The molecule has 2 aromatic heterocycles. The fourth-order valence-corrected chi connectivity index (χ4v) is 4.23. The minimum absolute atomic E-state index is 0.0485. The topological polar surface area (TPSA) is 132 Å². The van der Waals surface area contributed by atoms with Crippen molar-refractivity contribution in [2.45, 2.75) is 6.92 Å². The molecule has 1 saturated heterocycles. The number of nitrogens with one attached hydrogen (secondary N) is 4. The maximum Gasteiger partial charge on any atom is 0.263 e. The van der Waals surface area contributed by atoms with E-state index in [0.717, 1.165) is 23.5 Å². The van der Waals surface area contributed by atoms with E-state index in [4.69, 9.17) is 4.74 Å². The predicted molar refractivity (Wildman–Crippen MR) is 138 cm³/mol. The molecule has 11 heteroatoms. The number of likely N-dealkylation sites (N-methyl/N-ethyl adjacent to an activating group) is 1. The molecule has 2 aliphatic heterocycles. The van der Waals surface area contributed by atoms with E-state index >= 15 is 0 Å². The van der Waals surface area contributed by atoms with Crippen LogP contribution in [0, 0.1) is 6.92 Å². The van der Waals surface area contributed by atoms with Gasteiger partial charge in [-0.25, -0.2) is 4.98 Å². The molecule has 5 rings (SSSR count). The minimum atomic E-state index is -0.549. The van der Waals surface area contributed by atoms with Crippen molar-refractivity contribution in [3.63, 3.8) is 0 Å². The number of aromatic nitrogens is 2. The molecule has 2 aliphatic rings. The summed E-state index contributed by atoms with van der Waals surface area (Å²) in [5.41, 5.74) is 3.51. The number of rotatable bonds is 5. The maximum absolute atomic E-state index is 13.1. The van der Waals surface area contributed by atoms with E-state index < -0.39 is 11.5 Å². The van der Waals surface area contributed by atoms with Crippen molar-refractivity contribution in [2.75, 3.05) is 60.7 Å². The number of anilines is 5. The summed E-state index contributed by atoms with van der Waals surface area (Å²) in [6.45, 7) is 4.83. The van der Waals surface area contributed by atoms with Gasteiger partial charge in [0.15, 0.2) is 0 Å². The number of H-pyrrole nitrogens is 1. The van der Waals surface area contributed by atoms with Gasteiger partial charge in [-0.05, 0) is 37.3 Å². The van der Waals surface area contributed by atoms with Crippen LogP contribution in [0.5, 0.6) is 5.88 Å².